The van der Waals surface area contributed by atoms with Gasteiger partial charge in [-0.15, -0.1) is 0 Å². The normalized spacial score (nSPS) is 13.7. The average molecular weight is 1620 g/mol. The zero-order valence-corrected chi connectivity index (χ0v) is 74.9. The molecule has 2 unspecified atom stereocenters. The van der Waals surface area contributed by atoms with E-state index in [-0.39, 0.29) is 25.7 Å². The second-order valence-corrected chi connectivity index (χ2v) is 36.4. The standard InChI is InChI=1S/C92H180O17P2/c1-6-9-12-15-18-21-24-27-30-33-36-38-40-42-45-48-51-54-57-62-68-72-77-91(96)108-87(81-102-89(94)75-70-65-60-55-52-49-46-44-41-39-37-34-31-28-25-22-19-16-13-10-7-2)83-106-110(98,99)104-79-86(93)80-105-111(100,101)107-84-88(82-103-90(95)76-71-66-63-58-59-64-69-74-85(4)5)109-92(97)78-73-67-61-56-53-50-47-43-35-32-29-26-23-20-17-14-11-8-3/h85-88,93H,6-84H2,1-5H3,(H,98,99)(H,100,101)/t86-,87-,88-/m1/s1. The van der Waals surface area contributed by atoms with Gasteiger partial charge in [0, 0.05) is 25.7 Å². The fourth-order valence-electron chi connectivity index (χ4n) is 14.5. The quantitative estimate of drug-likeness (QED) is 0.0222. The van der Waals surface area contributed by atoms with E-state index in [2.05, 4.69) is 34.6 Å². The molecule has 0 aromatic heterocycles. The van der Waals surface area contributed by atoms with E-state index in [0.717, 1.165) is 96.3 Å². The Labute approximate surface area is 683 Å². The fourth-order valence-corrected chi connectivity index (χ4v) is 16.1. The predicted molar refractivity (Wildman–Crippen MR) is 460 cm³/mol. The molecule has 111 heavy (non-hydrogen) atoms. The second-order valence-electron chi connectivity index (χ2n) is 33.5. The molecule has 660 valence electrons. The summed E-state index contributed by atoms with van der Waals surface area (Å²) in [6, 6.07) is 0. The van der Waals surface area contributed by atoms with Crippen LogP contribution in [-0.4, -0.2) is 96.7 Å². The number of carbonyl (C=O) groups excluding carboxylic acids is 4. The van der Waals surface area contributed by atoms with Crippen molar-refractivity contribution in [3.63, 3.8) is 0 Å². The van der Waals surface area contributed by atoms with Crippen molar-refractivity contribution in [3.05, 3.63) is 0 Å². The Morgan fingerprint density at radius 2 is 0.414 bits per heavy atom. The Balaban J connectivity index is 5.21. The fraction of sp³-hybridized carbons (Fsp3) is 0.957. The van der Waals surface area contributed by atoms with Gasteiger partial charge in [0.05, 0.1) is 26.4 Å². The van der Waals surface area contributed by atoms with Gasteiger partial charge in [-0.25, -0.2) is 9.13 Å². The molecule has 0 radical (unpaired) electrons. The number of carbonyl (C=O) groups is 4. The molecule has 0 rings (SSSR count). The molecular weight excluding hydrogens is 1440 g/mol. The van der Waals surface area contributed by atoms with Gasteiger partial charge in [-0.3, -0.25) is 37.3 Å². The number of hydrogen-bond acceptors (Lipinski definition) is 15. The van der Waals surface area contributed by atoms with Crippen LogP contribution < -0.4 is 0 Å². The first-order valence-corrected chi connectivity index (χ1v) is 50.6. The molecule has 0 aliphatic heterocycles. The van der Waals surface area contributed by atoms with Crippen molar-refractivity contribution in [2.75, 3.05) is 39.6 Å². The topological polar surface area (TPSA) is 237 Å². The molecule has 0 aromatic carbocycles. The van der Waals surface area contributed by atoms with Crippen LogP contribution in [0.1, 0.15) is 503 Å². The summed E-state index contributed by atoms with van der Waals surface area (Å²) in [4.78, 5) is 73.4. The highest BCUT2D eigenvalue weighted by atomic mass is 31.2. The molecule has 0 heterocycles. The second kappa shape index (κ2) is 84.5. The van der Waals surface area contributed by atoms with Crippen LogP contribution in [0.5, 0.6) is 0 Å². The molecule has 0 saturated carbocycles. The highest BCUT2D eigenvalue weighted by Crippen LogP contribution is 2.45. The van der Waals surface area contributed by atoms with Crippen molar-refractivity contribution in [3.8, 4) is 0 Å². The summed E-state index contributed by atoms with van der Waals surface area (Å²) in [6.07, 6.45) is 80.9. The average Bonchev–Trinajstić information content (AvgIpc) is 0.898. The number of hydrogen-bond donors (Lipinski definition) is 3. The lowest BCUT2D eigenvalue weighted by molar-refractivity contribution is -0.161. The lowest BCUT2D eigenvalue weighted by atomic mass is 10.0. The number of rotatable bonds is 92. The lowest BCUT2D eigenvalue weighted by Crippen LogP contribution is -2.30. The summed E-state index contributed by atoms with van der Waals surface area (Å²) in [7, 11) is -9.93. The van der Waals surface area contributed by atoms with Gasteiger partial charge < -0.3 is 33.8 Å². The van der Waals surface area contributed by atoms with Crippen LogP contribution in [0.4, 0.5) is 0 Å². The molecule has 0 saturated heterocycles. The van der Waals surface area contributed by atoms with Crippen molar-refractivity contribution < 1.29 is 80.2 Å². The minimum absolute atomic E-state index is 0.108. The van der Waals surface area contributed by atoms with Crippen LogP contribution in [0.2, 0.25) is 0 Å². The van der Waals surface area contributed by atoms with Crippen LogP contribution in [0, 0.1) is 5.92 Å². The molecule has 0 fully saturated rings. The van der Waals surface area contributed by atoms with Gasteiger partial charge in [0.25, 0.3) is 0 Å². The molecule has 0 bridgehead atoms. The molecule has 17 nitrogen and oxygen atoms in total. The zero-order valence-electron chi connectivity index (χ0n) is 73.1. The van der Waals surface area contributed by atoms with E-state index in [1.807, 2.05) is 0 Å². The van der Waals surface area contributed by atoms with E-state index in [9.17, 15) is 43.2 Å². The summed E-state index contributed by atoms with van der Waals surface area (Å²) >= 11 is 0. The summed E-state index contributed by atoms with van der Waals surface area (Å²) < 4.78 is 69.1. The van der Waals surface area contributed by atoms with E-state index in [0.29, 0.717) is 31.6 Å². The number of esters is 4. The maximum Gasteiger partial charge on any atom is 0.472 e. The number of unbranched alkanes of at least 4 members (excludes halogenated alkanes) is 64. The maximum absolute atomic E-state index is 13.2. The maximum atomic E-state index is 13.2. The number of aliphatic hydroxyl groups is 1. The Bertz CT molecular complexity index is 2100. The minimum Gasteiger partial charge on any atom is -0.462 e. The largest absolute Gasteiger partial charge is 0.472 e. The van der Waals surface area contributed by atoms with Gasteiger partial charge in [-0.2, -0.15) is 0 Å². The number of phosphoric acid groups is 2. The first-order valence-electron chi connectivity index (χ1n) is 47.6. The Kier molecular flexibility index (Phi) is 83.0. The van der Waals surface area contributed by atoms with Crippen LogP contribution >= 0.6 is 15.6 Å². The van der Waals surface area contributed by atoms with E-state index < -0.39 is 97.5 Å². The molecule has 0 spiro atoms. The smallest absolute Gasteiger partial charge is 0.462 e. The molecule has 0 aliphatic carbocycles. The Morgan fingerprint density at radius 3 is 0.613 bits per heavy atom. The lowest BCUT2D eigenvalue weighted by Gasteiger charge is -2.21. The number of phosphoric ester groups is 2. The first kappa shape index (κ1) is 109. The van der Waals surface area contributed by atoms with Gasteiger partial charge in [-0.05, 0) is 31.6 Å². The summed E-state index contributed by atoms with van der Waals surface area (Å²) in [5, 5.41) is 10.7. The zero-order chi connectivity index (χ0) is 81.1. The van der Waals surface area contributed by atoms with Gasteiger partial charge in [0.15, 0.2) is 12.2 Å². The van der Waals surface area contributed by atoms with Gasteiger partial charge in [0.1, 0.15) is 19.3 Å². The summed E-state index contributed by atoms with van der Waals surface area (Å²) in [6.45, 7) is 7.34. The van der Waals surface area contributed by atoms with Crippen molar-refractivity contribution in [1.82, 2.24) is 0 Å². The van der Waals surface area contributed by atoms with Crippen molar-refractivity contribution >= 4 is 39.5 Å². The van der Waals surface area contributed by atoms with E-state index in [4.69, 9.17) is 37.0 Å². The minimum atomic E-state index is -4.97. The van der Waals surface area contributed by atoms with Crippen LogP contribution in [0.25, 0.3) is 0 Å². The third kappa shape index (κ3) is 85.8. The van der Waals surface area contributed by atoms with Crippen LogP contribution in [0.3, 0.4) is 0 Å². The van der Waals surface area contributed by atoms with E-state index >= 15 is 0 Å². The third-order valence-electron chi connectivity index (χ3n) is 21.8. The third-order valence-corrected chi connectivity index (χ3v) is 23.7. The summed E-state index contributed by atoms with van der Waals surface area (Å²) in [5.74, 6) is -1.39. The van der Waals surface area contributed by atoms with Gasteiger partial charge in [-0.1, -0.05) is 452 Å². The van der Waals surface area contributed by atoms with Crippen molar-refractivity contribution in [1.29, 1.82) is 0 Å². The van der Waals surface area contributed by atoms with Crippen LogP contribution in [0.15, 0.2) is 0 Å². The molecule has 5 atom stereocenters. The van der Waals surface area contributed by atoms with E-state index in [1.165, 1.54) is 321 Å². The predicted octanol–water partition coefficient (Wildman–Crippen LogP) is 28.7. The number of ether oxygens (including phenoxy) is 4. The van der Waals surface area contributed by atoms with Crippen molar-refractivity contribution in [2.45, 2.75) is 522 Å². The SMILES string of the molecule is CCCCCCCCCCCCCCCCCCCCCCCCC(=O)O[C@H](COC(=O)CCCCCCCCCCCCCCCCCCCCCCC)COP(=O)(O)OC[C@@H](O)COP(=O)(O)OC[C@@H](COC(=O)CCCCCCCCCC(C)C)OC(=O)CCCCCCCCCCCCCCCCCCCC. The van der Waals surface area contributed by atoms with Gasteiger partial charge in [0.2, 0.25) is 0 Å². The highest BCUT2D eigenvalue weighted by Gasteiger charge is 2.31. The highest BCUT2D eigenvalue weighted by molar-refractivity contribution is 7.47. The van der Waals surface area contributed by atoms with E-state index in [1.54, 1.807) is 0 Å². The number of aliphatic hydroxyl groups excluding tert-OH is 1. The Morgan fingerprint density at radius 1 is 0.243 bits per heavy atom. The van der Waals surface area contributed by atoms with Gasteiger partial charge >= 0.3 is 39.5 Å². The molecule has 19 heteroatoms. The molecular formula is C92H180O17P2. The molecule has 0 aliphatic rings. The Hall–Kier alpha value is -1.94. The summed E-state index contributed by atoms with van der Waals surface area (Å²) in [5.41, 5.74) is 0. The first-order chi connectivity index (χ1) is 54.0. The van der Waals surface area contributed by atoms with Crippen molar-refractivity contribution in [2.24, 2.45) is 5.92 Å². The molecule has 0 amide bonds. The monoisotopic (exact) mass is 1620 g/mol. The molecule has 0 aromatic rings. The van der Waals surface area contributed by atoms with Crippen LogP contribution in [-0.2, 0) is 65.4 Å². The molecule has 3 N–H and O–H groups in total.